The molecule has 0 amide bonds. The summed E-state index contributed by atoms with van der Waals surface area (Å²) >= 11 is 0. The van der Waals surface area contributed by atoms with Crippen LogP contribution in [0.25, 0.3) is 0 Å². The molecule has 0 radical (unpaired) electrons. The van der Waals surface area contributed by atoms with Gasteiger partial charge in [-0.25, -0.2) is 0 Å². The number of anilines is 2. The van der Waals surface area contributed by atoms with Crippen molar-refractivity contribution in [1.82, 2.24) is 9.97 Å². The fourth-order valence-corrected chi connectivity index (χ4v) is 0.900. The van der Waals surface area contributed by atoms with Crippen molar-refractivity contribution in [3.8, 4) is 6.07 Å². The lowest BCUT2D eigenvalue weighted by molar-refractivity contribution is -0.385. The molecule has 15 heavy (non-hydrogen) atoms. The van der Waals surface area contributed by atoms with Crippen LogP contribution < -0.4 is 16.6 Å². The molecule has 0 spiro atoms. The first-order chi connectivity index (χ1) is 7.06. The molecule has 78 valence electrons. The molecule has 0 saturated carbocycles. The first-order valence-electron chi connectivity index (χ1n) is 3.71. The van der Waals surface area contributed by atoms with Crippen molar-refractivity contribution in [2.75, 3.05) is 17.6 Å². The highest BCUT2D eigenvalue weighted by molar-refractivity contribution is 5.56. The molecule has 0 saturated heterocycles. The highest BCUT2D eigenvalue weighted by Gasteiger charge is 2.21. The molecule has 0 fully saturated rings. The van der Waals surface area contributed by atoms with Gasteiger partial charge >= 0.3 is 11.2 Å². The van der Waals surface area contributed by atoms with Crippen LogP contribution in [0.1, 0.15) is 0 Å². The molecular weight excluding hydrogens is 204 g/mol. The fourth-order valence-electron chi connectivity index (χ4n) is 0.900. The Labute approximate surface area is 82.7 Å². The maximum Gasteiger partial charge on any atom is 0.375 e. The van der Waals surface area contributed by atoms with Gasteiger partial charge in [-0.1, -0.05) is 0 Å². The number of hydrogen-bond donors (Lipinski definition) is 3. The van der Waals surface area contributed by atoms with E-state index in [1.54, 1.807) is 6.07 Å². The summed E-state index contributed by atoms with van der Waals surface area (Å²) in [6.45, 7) is -0.212. The lowest BCUT2D eigenvalue weighted by Gasteiger charge is -2.01. The molecule has 0 aliphatic heterocycles. The number of nitrogens with zero attached hydrogens (tertiary/aromatic N) is 3. The Morgan fingerprint density at radius 2 is 2.40 bits per heavy atom. The lowest BCUT2D eigenvalue weighted by Crippen LogP contribution is -2.18. The van der Waals surface area contributed by atoms with E-state index in [9.17, 15) is 14.9 Å². The van der Waals surface area contributed by atoms with Gasteiger partial charge < -0.3 is 11.1 Å². The van der Waals surface area contributed by atoms with Crippen LogP contribution in [-0.2, 0) is 0 Å². The van der Waals surface area contributed by atoms with Gasteiger partial charge in [-0.05, 0) is 0 Å². The molecule has 1 aromatic heterocycles. The first-order valence-corrected chi connectivity index (χ1v) is 3.71. The molecule has 1 rings (SSSR count). The third-order valence-corrected chi connectivity index (χ3v) is 1.43. The van der Waals surface area contributed by atoms with Gasteiger partial charge in [-0.15, -0.1) is 0 Å². The maximum atomic E-state index is 11.1. The van der Waals surface area contributed by atoms with E-state index >= 15 is 0 Å². The minimum Gasteiger partial charge on any atom is -0.369 e. The Morgan fingerprint density at radius 3 is 2.93 bits per heavy atom. The number of nitrogens with two attached hydrogens (primary N) is 1. The largest absolute Gasteiger partial charge is 0.375 e. The Balaban J connectivity index is 3.28. The molecule has 0 aromatic carbocycles. The first kappa shape index (κ1) is 10.5. The molecule has 0 atom stereocenters. The van der Waals surface area contributed by atoms with E-state index in [-0.39, 0.29) is 18.3 Å². The summed E-state index contributed by atoms with van der Waals surface area (Å²) in [6, 6.07) is 1.69. The number of H-pyrrole nitrogens is 1. The van der Waals surface area contributed by atoms with E-state index in [2.05, 4.69) is 10.3 Å². The van der Waals surface area contributed by atoms with E-state index in [0.717, 1.165) is 0 Å². The maximum absolute atomic E-state index is 11.1. The quantitative estimate of drug-likeness (QED) is 0.335. The van der Waals surface area contributed by atoms with E-state index in [4.69, 9.17) is 11.0 Å². The molecular formula is C6H6N6O3. The van der Waals surface area contributed by atoms with Crippen molar-refractivity contribution in [1.29, 1.82) is 5.26 Å². The van der Waals surface area contributed by atoms with Crippen LogP contribution in [0.3, 0.4) is 0 Å². The zero-order chi connectivity index (χ0) is 11.4. The SMILES string of the molecule is N#CCNc1nc(N)[nH]c(=O)c1[N+](=O)[O-]. The van der Waals surface area contributed by atoms with E-state index in [1.807, 2.05) is 4.98 Å². The normalized spacial score (nSPS) is 9.27. The molecule has 1 aromatic rings. The minimum atomic E-state index is -0.965. The van der Waals surface area contributed by atoms with Gasteiger partial charge in [0.05, 0.1) is 11.0 Å². The fraction of sp³-hybridized carbons (Fsp3) is 0.167. The van der Waals surface area contributed by atoms with E-state index in [0.29, 0.717) is 0 Å². The van der Waals surface area contributed by atoms with Gasteiger partial charge in [0.25, 0.3) is 0 Å². The van der Waals surface area contributed by atoms with Crippen molar-refractivity contribution >= 4 is 17.5 Å². The van der Waals surface area contributed by atoms with Crippen molar-refractivity contribution < 1.29 is 4.92 Å². The summed E-state index contributed by atoms with van der Waals surface area (Å²) in [4.78, 5) is 26.2. The highest BCUT2D eigenvalue weighted by Crippen LogP contribution is 2.15. The Morgan fingerprint density at radius 1 is 1.73 bits per heavy atom. The Kier molecular flexibility index (Phi) is 2.82. The van der Waals surface area contributed by atoms with Crippen LogP contribution in [0, 0.1) is 21.4 Å². The number of nitriles is 1. The lowest BCUT2D eigenvalue weighted by atomic mass is 10.4. The van der Waals surface area contributed by atoms with Crippen LogP contribution in [0.2, 0.25) is 0 Å². The number of nitro groups is 1. The zero-order valence-corrected chi connectivity index (χ0v) is 7.35. The van der Waals surface area contributed by atoms with Crippen molar-refractivity contribution in [2.45, 2.75) is 0 Å². The number of rotatable bonds is 3. The van der Waals surface area contributed by atoms with E-state index < -0.39 is 16.2 Å². The minimum absolute atomic E-state index is 0.212. The Bertz CT molecular complexity index is 487. The van der Waals surface area contributed by atoms with Crippen molar-refractivity contribution in [3.63, 3.8) is 0 Å². The standard InChI is InChI=1S/C6H6N6O3/c7-1-2-9-4-3(12(14)15)5(13)11-6(8)10-4/h2H2,(H4,8,9,10,11,13). The smallest absolute Gasteiger partial charge is 0.369 e. The summed E-state index contributed by atoms with van der Waals surface area (Å²) in [5, 5.41) is 21.1. The number of aromatic amines is 1. The summed E-state index contributed by atoms with van der Waals surface area (Å²) in [5.41, 5.74) is 3.46. The average Bonchev–Trinajstić information content (AvgIpc) is 2.12. The van der Waals surface area contributed by atoms with Gasteiger partial charge in [0.2, 0.25) is 11.8 Å². The number of hydrogen-bond acceptors (Lipinski definition) is 7. The second-order valence-corrected chi connectivity index (χ2v) is 2.42. The third-order valence-electron chi connectivity index (χ3n) is 1.43. The molecule has 9 nitrogen and oxygen atoms in total. The van der Waals surface area contributed by atoms with Gasteiger partial charge in [0.1, 0.15) is 6.54 Å². The number of aromatic nitrogens is 2. The van der Waals surface area contributed by atoms with Gasteiger partial charge in [0, 0.05) is 0 Å². The molecule has 1 heterocycles. The molecule has 0 bridgehead atoms. The molecule has 0 unspecified atom stereocenters. The topological polar surface area (TPSA) is 151 Å². The average molecular weight is 210 g/mol. The highest BCUT2D eigenvalue weighted by atomic mass is 16.6. The van der Waals surface area contributed by atoms with Crippen LogP contribution in [0.15, 0.2) is 4.79 Å². The second kappa shape index (κ2) is 4.05. The van der Waals surface area contributed by atoms with Gasteiger partial charge in [-0.3, -0.25) is 19.9 Å². The number of nitrogens with one attached hydrogen (secondary N) is 2. The predicted molar refractivity (Wildman–Crippen MR) is 50.0 cm³/mol. The second-order valence-electron chi connectivity index (χ2n) is 2.42. The summed E-state index contributed by atoms with van der Waals surface area (Å²) < 4.78 is 0. The monoisotopic (exact) mass is 210 g/mol. The third kappa shape index (κ3) is 2.19. The van der Waals surface area contributed by atoms with Crippen LogP contribution in [-0.4, -0.2) is 21.4 Å². The van der Waals surface area contributed by atoms with Crippen molar-refractivity contribution in [2.24, 2.45) is 0 Å². The van der Waals surface area contributed by atoms with E-state index in [1.165, 1.54) is 0 Å². The summed E-state index contributed by atoms with van der Waals surface area (Å²) in [7, 11) is 0. The van der Waals surface area contributed by atoms with Crippen LogP contribution >= 0.6 is 0 Å². The van der Waals surface area contributed by atoms with Crippen LogP contribution in [0.5, 0.6) is 0 Å². The van der Waals surface area contributed by atoms with Gasteiger partial charge in [0.15, 0.2) is 0 Å². The summed E-state index contributed by atoms with van der Waals surface area (Å²) in [5.74, 6) is -0.575. The summed E-state index contributed by atoms with van der Waals surface area (Å²) in [6.07, 6.45) is 0. The Hall–Kier alpha value is -2.63. The van der Waals surface area contributed by atoms with Gasteiger partial charge in [-0.2, -0.15) is 10.2 Å². The number of nitrogen functional groups attached to an aromatic ring is 1. The molecule has 0 aliphatic carbocycles. The predicted octanol–water partition coefficient (Wildman–Crippen LogP) is -0.804. The zero-order valence-electron chi connectivity index (χ0n) is 7.35. The van der Waals surface area contributed by atoms with Crippen LogP contribution in [0.4, 0.5) is 17.5 Å². The molecule has 0 aliphatic rings. The van der Waals surface area contributed by atoms with Crippen molar-refractivity contribution in [3.05, 3.63) is 20.5 Å². The molecule has 4 N–H and O–H groups in total. The molecule has 9 heteroatoms.